The number of aryl methyl sites for hydroxylation is 1. The van der Waals surface area contributed by atoms with Gasteiger partial charge in [0.25, 0.3) is 0 Å². The van der Waals surface area contributed by atoms with Gasteiger partial charge in [-0.25, -0.2) is 17.6 Å². The van der Waals surface area contributed by atoms with E-state index in [9.17, 15) is 13.2 Å². The fourth-order valence-electron chi connectivity index (χ4n) is 4.14. The Kier molecular flexibility index (Phi) is 5.34. The Bertz CT molecular complexity index is 1170. The van der Waals surface area contributed by atoms with Crippen LogP contribution in [0.15, 0.2) is 36.4 Å². The summed E-state index contributed by atoms with van der Waals surface area (Å²) < 4.78 is 58.2. The molecule has 0 atom stereocenters. The summed E-state index contributed by atoms with van der Waals surface area (Å²) in [5.74, 6) is -4.01. The van der Waals surface area contributed by atoms with Crippen LogP contribution in [0.2, 0.25) is 0 Å². The zero-order valence-electron chi connectivity index (χ0n) is 16.5. The predicted octanol–water partition coefficient (Wildman–Crippen LogP) is 7.09. The van der Waals surface area contributed by atoms with Crippen LogP contribution in [0.4, 0.5) is 17.6 Å². The van der Waals surface area contributed by atoms with E-state index in [1.807, 2.05) is 18.2 Å². The van der Waals surface area contributed by atoms with Gasteiger partial charge in [0.15, 0.2) is 0 Å². The summed E-state index contributed by atoms with van der Waals surface area (Å²) in [6.07, 6.45) is 4.57. The molecule has 3 aromatic carbocycles. The first-order valence-electron chi connectivity index (χ1n) is 9.97. The highest BCUT2D eigenvalue weighted by atomic mass is 19.1. The van der Waals surface area contributed by atoms with Gasteiger partial charge in [-0.2, -0.15) is 5.26 Å². The quantitative estimate of drug-likeness (QED) is 0.255. The number of nitrogens with zero attached hydrogens (tertiary/aromatic N) is 1. The first-order valence-corrected chi connectivity index (χ1v) is 9.97. The van der Waals surface area contributed by atoms with Crippen LogP contribution in [0, 0.1) is 34.6 Å². The molecule has 0 unspecified atom stereocenters. The molecule has 1 nitrogen and oxygen atoms in total. The van der Waals surface area contributed by atoms with E-state index in [1.165, 1.54) is 12.1 Å². The van der Waals surface area contributed by atoms with Crippen LogP contribution in [0.25, 0.3) is 22.3 Å². The minimum atomic E-state index is -1.15. The molecule has 4 rings (SSSR count). The highest BCUT2D eigenvalue weighted by Crippen LogP contribution is 2.43. The third-order valence-corrected chi connectivity index (χ3v) is 5.66. The van der Waals surface area contributed by atoms with Gasteiger partial charge < -0.3 is 0 Å². The summed E-state index contributed by atoms with van der Waals surface area (Å²) in [7, 11) is 0. The average Bonchev–Trinajstić information content (AvgIpc) is 3.06. The van der Waals surface area contributed by atoms with Crippen molar-refractivity contribution in [2.45, 2.75) is 39.0 Å². The van der Waals surface area contributed by atoms with Gasteiger partial charge in [0.2, 0.25) is 0 Å². The molecule has 0 fully saturated rings. The molecule has 0 amide bonds. The molecule has 0 aliphatic heterocycles. The molecule has 152 valence electrons. The van der Waals surface area contributed by atoms with Crippen LogP contribution in [0.5, 0.6) is 0 Å². The summed E-state index contributed by atoms with van der Waals surface area (Å²) in [6, 6.07) is 10.1. The van der Waals surface area contributed by atoms with Crippen LogP contribution in [-0.4, -0.2) is 0 Å². The van der Waals surface area contributed by atoms with Crippen molar-refractivity contribution < 1.29 is 17.6 Å². The number of hydrogen-bond acceptors (Lipinski definition) is 1. The van der Waals surface area contributed by atoms with E-state index in [1.54, 1.807) is 0 Å². The Hall–Kier alpha value is -3.13. The van der Waals surface area contributed by atoms with E-state index in [-0.39, 0.29) is 5.56 Å². The highest BCUT2D eigenvalue weighted by Gasteiger charge is 2.28. The van der Waals surface area contributed by atoms with Gasteiger partial charge in [-0.05, 0) is 58.9 Å². The van der Waals surface area contributed by atoms with E-state index >= 15 is 4.39 Å². The summed E-state index contributed by atoms with van der Waals surface area (Å²) in [5, 5.41) is 8.81. The van der Waals surface area contributed by atoms with E-state index in [4.69, 9.17) is 5.26 Å². The van der Waals surface area contributed by atoms with Gasteiger partial charge in [0, 0.05) is 12.0 Å². The molecule has 1 aliphatic carbocycles. The Labute approximate surface area is 172 Å². The van der Waals surface area contributed by atoms with Crippen molar-refractivity contribution >= 4 is 0 Å². The Morgan fingerprint density at radius 2 is 1.63 bits per heavy atom. The molecule has 0 aromatic heterocycles. The van der Waals surface area contributed by atoms with Gasteiger partial charge in [-0.15, -0.1) is 0 Å². The average molecular weight is 409 g/mol. The molecular formula is C25H19F4N. The maximum atomic E-state index is 15.3. The maximum Gasteiger partial charge on any atom is 0.144 e. The second kappa shape index (κ2) is 7.95. The third kappa shape index (κ3) is 3.37. The molecule has 30 heavy (non-hydrogen) atoms. The van der Waals surface area contributed by atoms with Crippen LogP contribution >= 0.6 is 0 Å². The minimum Gasteiger partial charge on any atom is -0.206 e. The van der Waals surface area contributed by atoms with E-state index in [2.05, 4.69) is 6.92 Å². The molecule has 0 spiro atoms. The largest absolute Gasteiger partial charge is 0.206 e. The Balaban J connectivity index is 1.76. The van der Waals surface area contributed by atoms with E-state index < -0.39 is 34.4 Å². The lowest BCUT2D eigenvalue weighted by Gasteiger charge is -2.11. The standard InChI is InChI=1S/C25H19F4N/c1-2-3-4-5-14-6-7-17-15(8-14)9-19-18(17)12-23(28)24(25(19)29)16-10-21(26)20(13-30)22(27)11-16/h6-8,10-12H,2-5,9H2,1H3. The zero-order chi connectivity index (χ0) is 21.4. The monoisotopic (exact) mass is 409 g/mol. The topological polar surface area (TPSA) is 23.8 Å². The van der Waals surface area contributed by atoms with E-state index in [0.29, 0.717) is 17.5 Å². The van der Waals surface area contributed by atoms with Crippen molar-refractivity contribution in [3.63, 3.8) is 0 Å². The van der Waals surface area contributed by atoms with Gasteiger partial charge in [0.05, 0.1) is 5.56 Å². The first-order chi connectivity index (χ1) is 14.4. The highest BCUT2D eigenvalue weighted by molar-refractivity contribution is 5.81. The van der Waals surface area contributed by atoms with Crippen LogP contribution in [0.1, 0.15) is 48.4 Å². The molecule has 0 N–H and O–H groups in total. The number of hydrogen-bond donors (Lipinski definition) is 0. The lowest BCUT2D eigenvalue weighted by Crippen LogP contribution is -1.99. The van der Waals surface area contributed by atoms with Crippen molar-refractivity contribution in [2.24, 2.45) is 0 Å². The van der Waals surface area contributed by atoms with Crippen molar-refractivity contribution in [3.05, 3.63) is 81.9 Å². The molecule has 5 heteroatoms. The van der Waals surface area contributed by atoms with Crippen molar-refractivity contribution in [1.82, 2.24) is 0 Å². The van der Waals surface area contributed by atoms with Crippen LogP contribution in [-0.2, 0) is 12.8 Å². The van der Waals surface area contributed by atoms with Crippen molar-refractivity contribution in [2.75, 3.05) is 0 Å². The van der Waals surface area contributed by atoms with Crippen LogP contribution in [0.3, 0.4) is 0 Å². The third-order valence-electron chi connectivity index (χ3n) is 5.66. The molecular weight excluding hydrogens is 390 g/mol. The lowest BCUT2D eigenvalue weighted by molar-refractivity contribution is 0.571. The molecule has 0 heterocycles. The molecule has 0 radical (unpaired) electrons. The van der Waals surface area contributed by atoms with Gasteiger partial charge in [0.1, 0.15) is 34.9 Å². The second-order valence-electron chi connectivity index (χ2n) is 7.63. The minimum absolute atomic E-state index is 0.266. The summed E-state index contributed by atoms with van der Waals surface area (Å²) in [5.41, 5.74) is 2.13. The van der Waals surface area contributed by atoms with Crippen molar-refractivity contribution in [1.29, 1.82) is 5.26 Å². The number of fused-ring (bicyclic) bond motifs is 3. The molecule has 0 saturated heterocycles. The maximum absolute atomic E-state index is 15.3. The predicted molar refractivity (Wildman–Crippen MR) is 108 cm³/mol. The fraction of sp³-hybridized carbons (Fsp3) is 0.240. The summed E-state index contributed by atoms with van der Waals surface area (Å²) in [6.45, 7) is 2.14. The molecule has 3 aromatic rings. The Morgan fingerprint density at radius 3 is 2.30 bits per heavy atom. The molecule has 0 bridgehead atoms. The number of benzene rings is 3. The Morgan fingerprint density at radius 1 is 0.900 bits per heavy atom. The second-order valence-corrected chi connectivity index (χ2v) is 7.63. The molecule has 1 aliphatic rings. The number of rotatable bonds is 5. The normalized spacial score (nSPS) is 11.9. The molecule has 0 saturated carbocycles. The SMILES string of the molecule is CCCCCc1ccc2c(c1)Cc1c-2cc(F)c(-c2cc(F)c(C#N)c(F)c2)c1F. The van der Waals surface area contributed by atoms with E-state index in [0.717, 1.165) is 54.5 Å². The van der Waals surface area contributed by atoms with Crippen LogP contribution < -0.4 is 0 Å². The number of nitriles is 1. The zero-order valence-corrected chi connectivity index (χ0v) is 16.5. The fourth-order valence-corrected chi connectivity index (χ4v) is 4.14. The summed E-state index contributed by atoms with van der Waals surface area (Å²) >= 11 is 0. The lowest BCUT2D eigenvalue weighted by atomic mass is 9.96. The van der Waals surface area contributed by atoms with Gasteiger partial charge >= 0.3 is 0 Å². The smallest absolute Gasteiger partial charge is 0.144 e. The number of unbranched alkanes of at least 4 members (excludes halogenated alkanes) is 2. The first kappa shape index (κ1) is 20.2. The number of halogens is 4. The summed E-state index contributed by atoms with van der Waals surface area (Å²) in [4.78, 5) is 0. The van der Waals surface area contributed by atoms with Gasteiger partial charge in [-0.1, -0.05) is 38.0 Å². The van der Waals surface area contributed by atoms with Crippen molar-refractivity contribution in [3.8, 4) is 28.3 Å². The van der Waals surface area contributed by atoms with Gasteiger partial charge in [-0.3, -0.25) is 0 Å².